The van der Waals surface area contributed by atoms with Gasteiger partial charge in [-0.25, -0.2) is 8.78 Å². The maximum absolute atomic E-state index is 13.0. The minimum absolute atomic E-state index is 0. The van der Waals surface area contributed by atoms with Gasteiger partial charge in [0.05, 0.1) is 13.1 Å². The molecule has 1 rings (SSSR count). The third kappa shape index (κ3) is 6.73. The Hall–Kier alpha value is -1.40. The van der Waals surface area contributed by atoms with E-state index in [0.29, 0.717) is 12.2 Å². The van der Waals surface area contributed by atoms with Crippen molar-refractivity contribution in [3.63, 3.8) is 0 Å². The van der Waals surface area contributed by atoms with Gasteiger partial charge in [-0.3, -0.25) is 4.79 Å². The van der Waals surface area contributed by atoms with E-state index in [1.165, 1.54) is 0 Å². The van der Waals surface area contributed by atoms with Crippen molar-refractivity contribution in [2.45, 2.75) is 32.3 Å². The Kier molecular flexibility index (Phi) is 8.21. The van der Waals surface area contributed by atoms with Crippen LogP contribution >= 0.6 is 12.4 Å². The van der Waals surface area contributed by atoms with Crippen LogP contribution < -0.4 is 15.8 Å². The molecule has 0 aliphatic heterocycles. The van der Waals surface area contributed by atoms with Gasteiger partial charge in [-0.2, -0.15) is 0 Å². The predicted molar refractivity (Wildman–Crippen MR) is 80.1 cm³/mol. The van der Waals surface area contributed by atoms with E-state index in [4.69, 9.17) is 10.5 Å². The number of alkyl halides is 2. The first-order chi connectivity index (χ1) is 9.38. The number of hydrogen-bond donors (Lipinski definition) is 2. The number of carbonyl (C=O) groups excluding carboxylic acids is 1. The van der Waals surface area contributed by atoms with Crippen LogP contribution in [0, 0.1) is 6.92 Å². The van der Waals surface area contributed by atoms with Crippen LogP contribution in [-0.4, -0.2) is 31.0 Å². The van der Waals surface area contributed by atoms with Gasteiger partial charge in [0.1, 0.15) is 5.75 Å². The molecular formula is C14H21ClF2N2O2. The Bertz CT molecular complexity index is 458. The van der Waals surface area contributed by atoms with Gasteiger partial charge >= 0.3 is 0 Å². The van der Waals surface area contributed by atoms with Crippen molar-refractivity contribution in [3.05, 3.63) is 29.8 Å². The van der Waals surface area contributed by atoms with E-state index < -0.39 is 31.0 Å². The number of hydrogen-bond acceptors (Lipinski definition) is 3. The van der Waals surface area contributed by atoms with Crippen molar-refractivity contribution in [2.24, 2.45) is 5.73 Å². The molecule has 0 aliphatic rings. The lowest BCUT2D eigenvalue weighted by atomic mass is 10.2. The molecule has 3 N–H and O–H groups in total. The first-order valence-corrected chi connectivity index (χ1v) is 6.47. The van der Waals surface area contributed by atoms with Gasteiger partial charge in [0, 0.05) is 0 Å². The molecule has 4 nitrogen and oxygen atoms in total. The largest absolute Gasteiger partial charge is 0.481 e. The zero-order valence-electron chi connectivity index (χ0n) is 12.1. The highest BCUT2D eigenvalue weighted by atomic mass is 35.5. The van der Waals surface area contributed by atoms with Crippen LogP contribution in [0.4, 0.5) is 8.78 Å². The molecular weight excluding hydrogens is 302 g/mol. The van der Waals surface area contributed by atoms with Crippen molar-refractivity contribution in [2.75, 3.05) is 13.1 Å². The molecule has 0 heterocycles. The molecule has 0 aromatic heterocycles. The third-order valence-electron chi connectivity index (χ3n) is 2.75. The summed E-state index contributed by atoms with van der Waals surface area (Å²) in [5.74, 6) is -3.13. The molecule has 1 atom stereocenters. The number of rotatable bonds is 7. The summed E-state index contributed by atoms with van der Waals surface area (Å²) < 4.78 is 31.5. The van der Waals surface area contributed by atoms with Crippen molar-refractivity contribution in [1.82, 2.24) is 5.32 Å². The molecule has 0 saturated carbocycles. The molecule has 1 amide bonds. The molecule has 120 valence electrons. The van der Waals surface area contributed by atoms with E-state index >= 15 is 0 Å². The minimum Gasteiger partial charge on any atom is -0.481 e. The van der Waals surface area contributed by atoms with Crippen molar-refractivity contribution < 1.29 is 18.3 Å². The molecule has 0 saturated heterocycles. The Labute approximate surface area is 129 Å². The van der Waals surface area contributed by atoms with Gasteiger partial charge in [-0.05, 0) is 31.0 Å². The van der Waals surface area contributed by atoms with Crippen LogP contribution in [0.5, 0.6) is 5.75 Å². The SMILES string of the molecule is CCC(Oc1cccc(C)c1)C(=O)NCC(F)(F)CN.Cl. The fourth-order valence-corrected chi connectivity index (χ4v) is 1.58. The number of ether oxygens (including phenoxy) is 1. The second-order valence-electron chi connectivity index (χ2n) is 4.61. The standard InChI is InChI=1S/C14H20F2N2O2.ClH/c1-3-12(13(19)18-9-14(15,16)8-17)20-11-6-4-5-10(2)7-11;/h4-7,12H,3,8-9,17H2,1-2H3,(H,18,19);1H. The predicted octanol–water partition coefficient (Wildman–Crippen LogP) is 2.28. The average molecular weight is 323 g/mol. The lowest BCUT2D eigenvalue weighted by molar-refractivity contribution is -0.129. The molecule has 1 aromatic rings. The molecule has 0 aliphatic carbocycles. The summed E-state index contributed by atoms with van der Waals surface area (Å²) in [5.41, 5.74) is 5.90. The number of nitrogens with two attached hydrogens (primary N) is 1. The van der Waals surface area contributed by atoms with Crippen LogP contribution in [0.2, 0.25) is 0 Å². The number of nitrogens with one attached hydrogen (secondary N) is 1. The van der Waals surface area contributed by atoms with Crippen LogP contribution in [0.3, 0.4) is 0 Å². The lowest BCUT2D eigenvalue weighted by Crippen LogP contribution is -2.46. The van der Waals surface area contributed by atoms with E-state index in [-0.39, 0.29) is 12.4 Å². The monoisotopic (exact) mass is 322 g/mol. The zero-order valence-corrected chi connectivity index (χ0v) is 12.9. The molecule has 0 bridgehead atoms. The number of amides is 1. The highest BCUT2D eigenvalue weighted by molar-refractivity contribution is 5.85. The van der Waals surface area contributed by atoms with Crippen molar-refractivity contribution in [3.8, 4) is 5.75 Å². The number of benzene rings is 1. The summed E-state index contributed by atoms with van der Waals surface area (Å²) in [6.45, 7) is 2.07. The normalized spacial score (nSPS) is 12.2. The van der Waals surface area contributed by atoms with E-state index in [1.54, 1.807) is 25.1 Å². The molecule has 7 heteroatoms. The quantitative estimate of drug-likeness (QED) is 0.809. The first-order valence-electron chi connectivity index (χ1n) is 6.47. The summed E-state index contributed by atoms with van der Waals surface area (Å²) in [4.78, 5) is 11.8. The number of carbonyl (C=O) groups is 1. The third-order valence-corrected chi connectivity index (χ3v) is 2.75. The summed E-state index contributed by atoms with van der Waals surface area (Å²) in [6, 6.07) is 7.20. The molecule has 0 spiro atoms. The number of aryl methyl sites for hydroxylation is 1. The first kappa shape index (κ1) is 19.6. The highest BCUT2D eigenvalue weighted by Gasteiger charge is 2.29. The van der Waals surface area contributed by atoms with E-state index in [0.717, 1.165) is 5.56 Å². The van der Waals surface area contributed by atoms with Crippen LogP contribution in [0.15, 0.2) is 24.3 Å². The maximum atomic E-state index is 13.0. The van der Waals surface area contributed by atoms with Gasteiger partial charge < -0.3 is 15.8 Å². The zero-order chi connectivity index (χ0) is 15.2. The van der Waals surface area contributed by atoms with Crippen LogP contribution in [-0.2, 0) is 4.79 Å². The summed E-state index contributed by atoms with van der Waals surface area (Å²) in [6.07, 6.45) is -0.418. The van der Waals surface area contributed by atoms with Gasteiger partial charge in [0.15, 0.2) is 6.10 Å². The van der Waals surface area contributed by atoms with Crippen molar-refractivity contribution >= 4 is 18.3 Å². The highest BCUT2D eigenvalue weighted by Crippen LogP contribution is 2.16. The van der Waals surface area contributed by atoms with Crippen LogP contribution in [0.1, 0.15) is 18.9 Å². The minimum atomic E-state index is -3.10. The van der Waals surface area contributed by atoms with E-state index in [2.05, 4.69) is 5.32 Å². The van der Waals surface area contributed by atoms with Gasteiger partial charge in [0.25, 0.3) is 11.8 Å². The van der Waals surface area contributed by atoms with Crippen molar-refractivity contribution in [1.29, 1.82) is 0 Å². The van der Waals surface area contributed by atoms with Gasteiger partial charge in [-0.1, -0.05) is 19.1 Å². The fraction of sp³-hybridized carbons (Fsp3) is 0.500. The molecule has 0 radical (unpaired) electrons. The fourth-order valence-electron chi connectivity index (χ4n) is 1.58. The number of halogens is 3. The Morgan fingerprint density at radius 2 is 2.14 bits per heavy atom. The Morgan fingerprint density at radius 3 is 2.67 bits per heavy atom. The Balaban J connectivity index is 0.00000400. The summed E-state index contributed by atoms with van der Waals surface area (Å²) in [7, 11) is 0. The molecule has 1 aromatic carbocycles. The summed E-state index contributed by atoms with van der Waals surface area (Å²) >= 11 is 0. The van der Waals surface area contributed by atoms with Gasteiger partial charge in [0.2, 0.25) is 0 Å². The average Bonchev–Trinajstić information content (AvgIpc) is 2.42. The van der Waals surface area contributed by atoms with E-state index in [9.17, 15) is 13.6 Å². The maximum Gasteiger partial charge on any atom is 0.277 e. The second kappa shape index (κ2) is 8.79. The molecule has 1 unspecified atom stereocenters. The Morgan fingerprint density at radius 1 is 1.48 bits per heavy atom. The summed E-state index contributed by atoms with van der Waals surface area (Å²) in [5, 5.41) is 2.17. The van der Waals surface area contributed by atoms with Gasteiger partial charge in [-0.15, -0.1) is 12.4 Å². The second-order valence-corrected chi connectivity index (χ2v) is 4.61. The molecule has 0 fully saturated rings. The van der Waals surface area contributed by atoms with Crippen LogP contribution in [0.25, 0.3) is 0 Å². The topological polar surface area (TPSA) is 64.3 Å². The van der Waals surface area contributed by atoms with E-state index in [1.807, 2.05) is 13.0 Å². The molecule has 21 heavy (non-hydrogen) atoms. The smallest absolute Gasteiger partial charge is 0.277 e. The lowest BCUT2D eigenvalue weighted by Gasteiger charge is -2.20.